The van der Waals surface area contributed by atoms with E-state index in [9.17, 15) is 9.59 Å². The lowest BCUT2D eigenvalue weighted by molar-refractivity contribution is 0.493. The van der Waals surface area contributed by atoms with E-state index in [0.717, 1.165) is 22.5 Å². The minimum absolute atomic E-state index is 0.105. The van der Waals surface area contributed by atoms with Crippen molar-refractivity contribution in [2.75, 3.05) is 0 Å². The average Bonchev–Trinajstić information content (AvgIpc) is 3.06. The van der Waals surface area contributed by atoms with E-state index in [4.69, 9.17) is 0 Å². The van der Waals surface area contributed by atoms with Gasteiger partial charge in [-0.1, -0.05) is 13.8 Å². The van der Waals surface area contributed by atoms with Crippen LogP contribution in [-0.4, -0.2) is 9.13 Å². The lowest BCUT2D eigenvalue weighted by atomic mass is 10.2. The van der Waals surface area contributed by atoms with Crippen molar-refractivity contribution < 1.29 is 0 Å². The van der Waals surface area contributed by atoms with E-state index in [-0.39, 0.29) is 17.3 Å². The van der Waals surface area contributed by atoms with Gasteiger partial charge >= 0.3 is 5.69 Å². The lowest BCUT2D eigenvalue weighted by Gasteiger charge is -2.13. The molecule has 0 spiro atoms. The Morgan fingerprint density at radius 1 is 1.37 bits per heavy atom. The number of fused-ring (bicyclic) bond motifs is 1. The first-order valence-electron chi connectivity index (χ1n) is 6.74. The van der Waals surface area contributed by atoms with Crippen molar-refractivity contribution in [3.05, 3.63) is 31.8 Å². The van der Waals surface area contributed by atoms with Gasteiger partial charge in [-0.15, -0.1) is 11.3 Å². The van der Waals surface area contributed by atoms with Gasteiger partial charge in [-0.3, -0.25) is 13.9 Å². The van der Waals surface area contributed by atoms with Gasteiger partial charge in [-0.25, -0.2) is 4.79 Å². The molecule has 5 heteroatoms. The summed E-state index contributed by atoms with van der Waals surface area (Å²) in [4.78, 5) is 26.9. The molecule has 0 saturated heterocycles. The molecular weight excluding hydrogens is 260 g/mol. The smallest absolute Gasteiger partial charge is 0.284 e. The number of hydrogen-bond donors (Lipinski definition) is 0. The molecule has 0 aromatic carbocycles. The molecule has 1 fully saturated rings. The van der Waals surface area contributed by atoms with Gasteiger partial charge in [0.2, 0.25) is 0 Å². The third kappa shape index (κ3) is 2.06. The first-order chi connectivity index (χ1) is 8.99. The average molecular weight is 278 g/mol. The molecule has 2 aromatic rings. The Balaban J connectivity index is 2.38. The van der Waals surface area contributed by atoms with Crippen molar-refractivity contribution in [3.63, 3.8) is 0 Å². The Morgan fingerprint density at radius 3 is 2.63 bits per heavy atom. The standard InChI is InChI=1S/C14H18N2O2S/c1-8(2)7-15-13-11(6-9(3)19-13)12(17)16(14(15)18)10-4-5-10/h6,8,10H,4-5,7H2,1-3H3. The van der Waals surface area contributed by atoms with Crippen LogP contribution in [0.3, 0.4) is 0 Å². The highest BCUT2D eigenvalue weighted by molar-refractivity contribution is 7.18. The molecule has 2 aromatic heterocycles. The van der Waals surface area contributed by atoms with Crippen LogP contribution < -0.4 is 11.2 Å². The van der Waals surface area contributed by atoms with Crippen molar-refractivity contribution in [2.45, 2.75) is 46.2 Å². The minimum Gasteiger partial charge on any atom is -0.284 e. The van der Waals surface area contributed by atoms with E-state index in [2.05, 4.69) is 13.8 Å². The third-order valence-electron chi connectivity index (χ3n) is 3.43. The van der Waals surface area contributed by atoms with E-state index in [1.807, 2.05) is 13.0 Å². The fourth-order valence-electron chi connectivity index (χ4n) is 2.47. The van der Waals surface area contributed by atoms with Gasteiger partial charge in [0.15, 0.2) is 0 Å². The maximum absolute atomic E-state index is 12.6. The molecule has 0 atom stereocenters. The quantitative estimate of drug-likeness (QED) is 0.866. The highest BCUT2D eigenvalue weighted by Crippen LogP contribution is 2.33. The number of aromatic nitrogens is 2. The lowest BCUT2D eigenvalue weighted by Crippen LogP contribution is -2.39. The maximum Gasteiger partial charge on any atom is 0.332 e. The highest BCUT2D eigenvalue weighted by atomic mass is 32.1. The number of hydrogen-bond acceptors (Lipinski definition) is 3. The van der Waals surface area contributed by atoms with Gasteiger partial charge in [0, 0.05) is 17.5 Å². The molecule has 0 N–H and O–H groups in total. The van der Waals surface area contributed by atoms with Crippen molar-refractivity contribution in [1.29, 1.82) is 0 Å². The first-order valence-corrected chi connectivity index (χ1v) is 7.56. The fourth-order valence-corrected chi connectivity index (χ4v) is 3.47. The van der Waals surface area contributed by atoms with Crippen molar-refractivity contribution >= 4 is 21.6 Å². The Morgan fingerprint density at radius 2 is 2.05 bits per heavy atom. The zero-order valence-electron chi connectivity index (χ0n) is 11.5. The predicted octanol–water partition coefficient (Wildman–Crippen LogP) is 2.52. The summed E-state index contributed by atoms with van der Waals surface area (Å²) < 4.78 is 3.26. The molecule has 0 unspecified atom stereocenters. The molecule has 2 heterocycles. The SMILES string of the molecule is Cc1cc2c(=O)n(C3CC3)c(=O)n(CC(C)C)c2s1. The van der Waals surface area contributed by atoms with Crippen LogP contribution in [0.2, 0.25) is 0 Å². The predicted molar refractivity (Wildman–Crippen MR) is 78.2 cm³/mol. The van der Waals surface area contributed by atoms with Crippen LogP contribution in [0.5, 0.6) is 0 Å². The van der Waals surface area contributed by atoms with Crippen LogP contribution >= 0.6 is 11.3 Å². The van der Waals surface area contributed by atoms with Crippen molar-refractivity contribution in [2.24, 2.45) is 5.92 Å². The number of aryl methyl sites for hydroxylation is 1. The number of rotatable bonds is 3. The van der Waals surface area contributed by atoms with Gasteiger partial charge in [0.1, 0.15) is 4.83 Å². The first kappa shape index (κ1) is 12.7. The van der Waals surface area contributed by atoms with Gasteiger partial charge < -0.3 is 0 Å². The number of thiophene rings is 1. The van der Waals surface area contributed by atoms with Gasteiger partial charge in [-0.2, -0.15) is 0 Å². The summed E-state index contributed by atoms with van der Waals surface area (Å²) in [6.07, 6.45) is 1.90. The minimum atomic E-state index is -0.129. The van der Waals surface area contributed by atoms with Crippen LogP contribution in [0.1, 0.15) is 37.6 Å². The summed E-state index contributed by atoms with van der Waals surface area (Å²) in [7, 11) is 0. The van der Waals surface area contributed by atoms with E-state index in [1.54, 1.807) is 4.57 Å². The molecule has 1 aliphatic carbocycles. The third-order valence-corrected chi connectivity index (χ3v) is 4.50. The highest BCUT2D eigenvalue weighted by Gasteiger charge is 2.29. The maximum atomic E-state index is 12.6. The topological polar surface area (TPSA) is 44.0 Å². The fraction of sp³-hybridized carbons (Fsp3) is 0.571. The zero-order chi connectivity index (χ0) is 13.7. The van der Waals surface area contributed by atoms with E-state index >= 15 is 0 Å². The second kappa shape index (κ2) is 4.34. The molecular formula is C14H18N2O2S. The molecule has 0 amide bonds. The largest absolute Gasteiger partial charge is 0.332 e. The normalized spacial score (nSPS) is 15.6. The van der Waals surface area contributed by atoms with E-state index in [0.29, 0.717) is 17.8 Å². The molecule has 0 aliphatic heterocycles. The monoisotopic (exact) mass is 278 g/mol. The van der Waals surface area contributed by atoms with Crippen molar-refractivity contribution in [3.8, 4) is 0 Å². The van der Waals surface area contributed by atoms with Crippen LogP contribution in [0, 0.1) is 12.8 Å². The van der Waals surface area contributed by atoms with E-state index in [1.165, 1.54) is 15.9 Å². The Hall–Kier alpha value is -1.36. The van der Waals surface area contributed by atoms with Gasteiger partial charge in [0.25, 0.3) is 5.56 Å². The second-order valence-electron chi connectivity index (χ2n) is 5.77. The second-order valence-corrected chi connectivity index (χ2v) is 7.00. The summed E-state index contributed by atoms with van der Waals surface area (Å²) >= 11 is 1.54. The summed E-state index contributed by atoms with van der Waals surface area (Å²) in [6.45, 7) is 6.83. The summed E-state index contributed by atoms with van der Waals surface area (Å²) in [5, 5.41) is 0.703. The molecule has 3 rings (SSSR count). The summed E-state index contributed by atoms with van der Waals surface area (Å²) in [6, 6.07) is 2.04. The Labute approximate surface area is 115 Å². The molecule has 1 aliphatic rings. The van der Waals surface area contributed by atoms with Crippen LogP contribution in [0.15, 0.2) is 15.7 Å². The van der Waals surface area contributed by atoms with Crippen LogP contribution in [0.4, 0.5) is 0 Å². The Kier molecular flexibility index (Phi) is 2.89. The Bertz CT molecular complexity index is 747. The molecule has 4 nitrogen and oxygen atoms in total. The van der Waals surface area contributed by atoms with Crippen molar-refractivity contribution in [1.82, 2.24) is 9.13 Å². The molecule has 1 saturated carbocycles. The molecule has 102 valence electrons. The van der Waals surface area contributed by atoms with Crippen LogP contribution in [-0.2, 0) is 6.54 Å². The van der Waals surface area contributed by atoms with Crippen LogP contribution in [0.25, 0.3) is 10.2 Å². The number of nitrogens with zero attached hydrogens (tertiary/aromatic N) is 2. The summed E-state index contributed by atoms with van der Waals surface area (Å²) in [5.74, 6) is 0.383. The van der Waals surface area contributed by atoms with Gasteiger partial charge in [0.05, 0.1) is 5.39 Å². The molecule has 0 radical (unpaired) electrons. The van der Waals surface area contributed by atoms with Gasteiger partial charge in [-0.05, 0) is 31.7 Å². The zero-order valence-corrected chi connectivity index (χ0v) is 12.3. The molecule has 0 bridgehead atoms. The van der Waals surface area contributed by atoms with E-state index < -0.39 is 0 Å². The summed E-state index contributed by atoms with van der Waals surface area (Å²) in [5.41, 5.74) is -0.234. The molecule has 19 heavy (non-hydrogen) atoms.